The van der Waals surface area contributed by atoms with Crippen LogP contribution in [0.3, 0.4) is 0 Å². The van der Waals surface area contributed by atoms with Crippen molar-refractivity contribution in [2.24, 2.45) is 45.6 Å². The summed E-state index contributed by atoms with van der Waals surface area (Å²) in [4.78, 5) is 0. The molecule has 0 spiro atoms. The van der Waals surface area contributed by atoms with Crippen LogP contribution < -0.4 is 0 Å². The molecule has 4 aliphatic carbocycles. The van der Waals surface area contributed by atoms with Crippen LogP contribution in [0.15, 0.2) is 5.16 Å². The van der Waals surface area contributed by atoms with Gasteiger partial charge in [-0.2, -0.15) is 0 Å². The molecule has 0 bridgehead atoms. The minimum Gasteiger partial charge on any atom is -0.411 e. The number of nitrogens with zero attached hydrogens (tertiary/aromatic N) is 1. The Hall–Kier alpha value is -0.570. The summed E-state index contributed by atoms with van der Waals surface area (Å²) in [6.45, 7) is 9.28. The van der Waals surface area contributed by atoms with Crippen LogP contribution in [0.4, 0.5) is 0 Å². The summed E-state index contributed by atoms with van der Waals surface area (Å²) in [5, 5.41) is 24.0. The highest BCUT2D eigenvalue weighted by atomic mass is 16.4. The van der Waals surface area contributed by atoms with Crippen LogP contribution in [-0.4, -0.2) is 21.6 Å². The molecule has 4 fully saturated rings. The fraction of sp³-hybridized carbons (Fsp3) is 0.952. The van der Waals surface area contributed by atoms with Crippen LogP contribution in [-0.2, 0) is 0 Å². The lowest BCUT2D eigenvalue weighted by Gasteiger charge is -2.62. The Balaban J connectivity index is 1.65. The van der Waals surface area contributed by atoms with E-state index in [1.807, 2.05) is 0 Å². The van der Waals surface area contributed by atoms with E-state index in [-0.39, 0.29) is 5.41 Å². The number of fused-ring (bicyclic) bond motifs is 5. The van der Waals surface area contributed by atoms with E-state index in [2.05, 4.69) is 32.9 Å². The molecular formula is C21H35NO2. The van der Waals surface area contributed by atoms with Crippen LogP contribution in [0.25, 0.3) is 0 Å². The van der Waals surface area contributed by atoms with Crippen molar-refractivity contribution in [3.8, 4) is 0 Å². The van der Waals surface area contributed by atoms with Crippen molar-refractivity contribution >= 4 is 5.71 Å². The van der Waals surface area contributed by atoms with Crippen molar-refractivity contribution in [3.05, 3.63) is 0 Å². The zero-order valence-corrected chi connectivity index (χ0v) is 15.9. The third kappa shape index (κ3) is 1.97. The second-order valence-electron chi connectivity index (χ2n) is 10.2. The molecule has 0 aromatic heterocycles. The number of rotatable bonds is 0. The van der Waals surface area contributed by atoms with Gasteiger partial charge in [-0.15, -0.1) is 0 Å². The third-order valence-corrected chi connectivity index (χ3v) is 9.68. The van der Waals surface area contributed by atoms with Gasteiger partial charge in [-0.1, -0.05) is 25.9 Å². The molecule has 0 aromatic rings. The van der Waals surface area contributed by atoms with E-state index in [0.29, 0.717) is 23.2 Å². The van der Waals surface area contributed by atoms with Gasteiger partial charge in [-0.05, 0) is 92.8 Å². The van der Waals surface area contributed by atoms with Gasteiger partial charge in [0, 0.05) is 5.92 Å². The van der Waals surface area contributed by atoms with E-state index in [0.717, 1.165) is 30.4 Å². The summed E-state index contributed by atoms with van der Waals surface area (Å²) >= 11 is 0. The zero-order valence-electron chi connectivity index (χ0n) is 15.9. The molecule has 4 aliphatic rings. The van der Waals surface area contributed by atoms with Crippen molar-refractivity contribution in [3.63, 3.8) is 0 Å². The lowest BCUT2D eigenvalue weighted by atomic mass is 9.43. The second kappa shape index (κ2) is 5.22. The monoisotopic (exact) mass is 333 g/mol. The molecule has 0 heterocycles. The van der Waals surface area contributed by atoms with Crippen molar-refractivity contribution in [1.29, 1.82) is 0 Å². The summed E-state index contributed by atoms with van der Waals surface area (Å²) in [6, 6.07) is 0. The van der Waals surface area contributed by atoms with Crippen LogP contribution in [0.5, 0.6) is 0 Å². The van der Waals surface area contributed by atoms with Crippen molar-refractivity contribution < 1.29 is 10.3 Å². The molecule has 0 radical (unpaired) electrons. The normalized spacial score (nSPS) is 58.9. The lowest BCUT2D eigenvalue weighted by molar-refractivity contribution is -0.145. The average Bonchev–Trinajstić information content (AvgIpc) is 2.78. The van der Waals surface area contributed by atoms with E-state index in [9.17, 15) is 10.3 Å². The number of oxime groups is 1. The van der Waals surface area contributed by atoms with E-state index in [4.69, 9.17) is 0 Å². The molecule has 3 unspecified atom stereocenters. The second-order valence-corrected chi connectivity index (χ2v) is 10.2. The molecule has 3 nitrogen and oxygen atoms in total. The van der Waals surface area contributed by atoms with E-state index < -0.39 is 5.60 Å². The molecule has 3 heteroatoms. The molecule has 2 N–H and O–H groups in total. The third-order valence-electron chi connectivity index (χ3n) is 9.68. The summed E-state index contributed by atoms with van der Waals surface area (Å²) < 4.78 is 0. The molecule has 24 heavy (non-hydrogen) atoms. The van der Waals surface area contributed by atoms with E-state index in [1.165, 1.54) is 38.5 Å². The van der Waals surface area contributed by atoms with Gasteiger partial charge >= 0.3 is 0 Å². The molecule has 0 aliphatic heterocycles. The molecular weight excluding hydrogens is 298 g/mol. The first-order chi connectivity index (χ1) is 11.2. The highest BCUT2D eigenvalue weighted by molar-refractivity contribution is 5.87. The minimum absolute atomic E-state index is 0.120. The Morgan fingerprint density at radius 3 is 2.33 bits per heavy atom. The van der Waals surface area contributed by atoms with Crippen molar-refractivity contribution in [2.75, 3.05) is 0 Å². The Kier molecular flexibility index (Phi) is 3.67. The predicted octanol–water partition coefficient (Wildman–Crippen LogP) is 4.86. The average molecular weight is 334 g/mol. The van der Waals surface area contributed by atoms with E-state index in [1.54, 1.807) is 0 Å². The largest absolute Gasteiger partial charge is 0.411 e. The lowest BCUT2D eigenvalue weighted by Crippen LogP contribution is -2.57. The highest BCUT2D eigenvalue weighted by Crippen LogP contribution is 2.68. The molecule has 4 saturated carbocycles. The summed E-state index contributed by atoms with van der Waals surface area (Å²) in [5.74, 6) is 3.39. The van der Waals surface area contributed by atoms with Gasteiger partial charge in [0.25, 0.3) is 0 Å². The Morgan fingerprint density at radius 2 is 1.62 bits per heavy atom. The number of aliphatic hydroxyl groups is 1. The summed E-state index contributed by atoms with van der Waals surface area (Å²) in [6.07, 6.45) is 9.38. The van der Waals surface area contributed by atoms with E-state index >= 15 is 0 Å². The molecule has 0 aromatic carbocycles. The SMILES string of the molecule is CC1/C(=N/O)CC[C@@]2(C)C1CC[C@@H]1[C@H]2CC[C@@]2(C)[C@H]1CCC2(C)O. The Morgan fingerprint density at radius 1 is 0.917 bits per heavy atom. The van der Waals surface area contributed by atoms with Gasteiger partial charge in [0.05, 0.1) is 11.3 Å². The van der Waals surface area contributed by atoms with Crippen molar-refractivity contribution in [2.45, 2.75) is 84.7 Å². The summed E-state index contributed by atoms with van der Waals surface area (Å²) in [5.41, 5.74) is 1.07. The molecule has 4 rings (SSSR count). The zero-order chi connectivity index (χ0) is 17.3. The molecule has 0 amide bonds. The molecule has 0 saturated heterocycles. The molecule has 136 valence electrons. The van der Waals surface area contributed by atoms with Gasteiger partial charge in [0.15, 0.2) is 0 Å². The standard InChI is InChI=1S/C21H35NO2/c1-13-15-6-5-14-16(19(15,2)10-9-18(13)22-24)7-11-20(3)17(14)8-12-21(20,4)23/h13-17,23-24H,5-12H2,1-4H3/b22-18+/t13?,14-,15?,16-,17+,19+,20+,21?/m1/s1. The maximum absolute atomic E-state index is 11.0. The van der Waals surface area contributed by atoms with Crippen LogP contribution in [0, 0.1) is 40.4 Å². The van der Waals surface area contributed by atoms with Crippen molar-refractivity contribution in [1.82, 2.24) is 0 Å². The summed E-state index contributed by atoms with van der Waals surface area (Å²) in [7, 11) is 0. The maximum atomic E-state index is 11.0. The molecule has 8 atom stereocenters. The van der Waals surface area contributed by atoms with Gasteiger partial charge in [-0.3, -0.25) is 0 Å². The van der Waals surface area contributed by atoms with Crippen LogP contribution in [0.2, 0.25) is 0 Å². The number of hydrogen-bond acceptors (Lipinski definition) is 3. The van der Waals surface area contributed by atoms with Gasteiger partial charge in [0.2, 0.25) is 0 Å². The van der Waals surface area contributed by atoms with Crippen LogP contribution >= 0.6 is 0 Å². The predicted molar refractivity (Wildman–Crippen MR) is 96.1 cm³/mol. The Bertz CT molecular complexity index is 556. The Labute approximate surface area is 146 Å². The smallest absolute Gasteiger partial charge is 0.0675 e. The van der Waals surface area contributed by atoms with Gasteiger partial charge < -0.3 is 10.3 Å². The first-order valence-corrected chi connectivity index (χ1v) is 10.2. The highest BCUT2D eigenvalue weighted by Gasteiger charge is 2.63. The fourth-order valence-corrected chi connectivity index (χ4v) is 7.92. The first-order valence-electron chi connectivity index (χ1n) is 10.2. The first kappa shape index (κ1) is 16.9. The van der Waals surface area contributed by atoms with Crippen LogP contribution in [0.1, 0.15) is 79.1 Å². The minimum atomic E-state index is -0.475. The maximum Gasteiger partial charge on any atom is 0.0675 e. The van der Waals surface area contributed by atoms with Gasteiger partial charge in [0.1, 0.15) is 0 Å². The van der Waals surface area contributed by atoms with Gasteiger partial charge in [-0.25, -0.2) is 0 Å². The quantitative estimate of drug-likeness (QED) is 0.491. The fourth-order valence-electron chi connectivity index (χ4n) is 7.92. The topological polar surface area (TPSA) is 52.8 Å². The number of hydrogen-bond donors (Lipinski definition) is 2.